The third-order valence-electron chi connectivity index (χ3n) is 2.46. The first kappa shape index (κ1) is 17.1. The molecular weight excluding hydrogens is 294 g/mol. The van der Waals surface area contributed by atoms with Gasteiger partial charge in [0, 0.05) is 31.4 Å². The highest BCUT2D eigenvalue weighted by Gasteiger charge is 2.21. The normalized spacial score (nSPS) is 12.1. The van der Waals surface area contributed by atoms with Gasteiger partial charge in [0.25, 0.3) is 0 Å². The lowest BCUT2D eigenvalue weighted by Crippen LogP contribution is -2.43. The highest BCUT2D eigenvalue weighted by molar-refractivity contribution is 7.89. The summed E-state index contributed by atoms with van der Waals surface area (Å²) in [7, 11) is -2.44. The van der Waals surface area contributed by atoms with Crippen LogP contribution in [0.25, 0.3) is 0 Å². The largest absolute Gasteiger partial charge is 0.395 e. The van der Waals surface area contributed by atoms with Gasteiger partial charge >= 0.3 is 0 Å². The van der Waals surface area contributed by atoms with Crippen LogP contribution >= 0.6 is 0 Å². The molecule has 3 N–H and O–H groups in total. The lowest BCUT2D eigenvalue weighted by Gasteiger charge is -2.12. The third-order valence-corrected chi connectivity index (χ3v) is 3.97. The van der Waals surface area contributed by atoms with E-state index in [-0.39, 0.29) is 11.5 Å². The minimum atomic E-state index is -3.86. The van der Waals surface area contributed by atoms with Gasteiger partial charge in [-0.1, -0.05) is 11.8 Å². The molecule has 1 aromatic heterocycles. The Kier molecular flexibility index (Phi) is 6.30. The molecule has 0 aliphatic rings. The fourth-order valence-corrected chi connectivity index (χ4v) is 2.62. The number of nitrogens with one attached hydrogen (secondary N) is 2. The average molecular weight is 311 g/mol. The number of likely N-dealkylation sites (N-methyl/N-ethyl adjacent to an activating group) is 1. The summed E-state index contributed by atoms with van der Waals surface area (Å²) in [6.45, 7) is 1.37. The molecule has 0 aliphatic carbocycles. The second kappa shape index (κ2) is 7.73. The molecule has 0 aliphatic heterocycles. The summed E-state index contributed by atoms with van der Waals surface area (Å²) in [5.74, 6) is 4.94. The number of carbonyl (C=O) groups excluding carboxylic acids is 1. The Hall–Kier alpha value is -1.95. The van der Waals surface area contributed by atoms with Crippen molar-refractivity contribution in [2.45, 2.75) is 24.3 Å². The number of hydrogen-bond donors (Lipinski definition) is 3. The number of pyridine rings is 1. The maximum Gasteiger partial charge on any atom is 0.242 e. The van der Waals surface area contributed by atoms with Crippen molar-refractivity contribution >= 4 is 15.9 Å². The molecule has 8 heteroatoms. The van der Waals surface area contributed by atoms with Gasteiger partial charge in [0.1, 0.15) is 4.90 Å². The Bertz CT molecular complexity index is 661. The molecule has 1 aromatic rings. The van der Waals surface area contributed by atoms with Gasteiger partial charge in [0.05, 0.1) is 12.6 Å². The van der Waals surface area contributed by atoms with Crippen LogP contribution in [0, 0.1) is 11.8 Å². The Morgan fingerprint density at radius 3 is 2.81 bits per heavy atom. The number of nitrogens with zero attached hydrogens (tertiary/aromatic N) is 1. The first-order valence-corrected chi connectivity index (χ1v) is 7.67. The summed E-state index contributed by atoms with van der Waals surface area (Å²) in [6.07, 6.45) is 2.89. The fraction of sp³-hybridized carbons (Fsp3) is 0.385. The molecule has 0 bridgehead atoms. The average Bonchev–Trinajstić information content (AvgIpc) is 2.46. The van der Waals surface area contributed by atoms with Crippen molar-refractivity contribution in [1.29, 1.82) is 0 Å². The Morgan fingerprint density at radius 2 is 2.19 bits per heavy atom. The molecule has 0 spiro atoms. The summed E-state index contributed by atoms with van der Waals surface area (Å²) >= 11 is 0. The minimum Gasteiger partial charge on any atom is -0.395 e. The molecule has 0 saturated heterocycles. The van der Waals surface area contributed by atoms with E-state index in [9.17, 15) is 13.2 Å². The molecule has 1 heterocycles. The van der Waals surface area contributed by atoms with Crippen molar-refractivity contribution in [3.8, 4) is 11.8 Å². The van der Waals surface area contributed by atoms with Gasteiger partial charge in [-0.05, 0) is 13.0 Å². The van der Waals surface area contributed by atoms with Crippen molar-refractivity contribution in [2.24, 2.45) is 0 Å². The van der Waals surface area contributed by atoms with Crippen LogP contribution in [0.5, 0.6) is 0 Å². The third kappa shape index (κ3) is 5.15. The van der Waals surface area contributed by atoms with E-state index in [0.29, 0.717) is 12.0 Å². The summed E-state index contributed by atoms with van der Waals surface area (Å²) in [5.41, 5.74) is 0.416. The zero-order valence-electron chi connectivity index (χ0n) is 11.8. The number of aromatic nitrogens is 1. The number of aliphatic hydroxyl groups is 1. The van der Waals surface area contributed by atoms with Crippen LogP contribution in [0.2, 0.25) is 0 Å². The van der Waals surface area contributed by atoms with Crippen LogP contribution in [0.1, 0.15) is 18.9 Å². The number of aliphatic hydroxyl groups excluding tert-OH is 1. The van der Waals surface area contributed by atoms with Gasteiger partial charge in [0.15, 0.2) is 0 Å². The zero-order valence-corrected chi connectivity index (χ0v) is 12.6. The molecule has 1 amide bonds. The van der Waals surface area contributed by atoms with E-state index in [4.69, 9.17) is 5.11 Å². The van der Waals surface area contributed by atoms with Crippen LogP contribution in [0.3, 0.4) is 0 Å². The van der Waals surface area contributed by atoms with Crippen molar-refractivity contribution in [3.05, 3.63) is 24.0 Å². The molecule has 7 nitrogen and oxygen atoms in total. The molecule has 21 heavy (non-hydrogen) atoms. The van der Waals surface area contributed by atoms with E-state index >= 15 is 0 Å². The van der Waals surface area contributed by atoms with E-state index in [1.165, 1.54) is 32.4 Å². The number of amides is 1. The molecule has 1 rings (SSSR count). The predicted octanol–water partition coefficient (Wildman–Crippen LogP) is -0.772. The smallest absolute Gasteiger partial charge is 0.242 e. The first-order chi connectivity index (χ1) is 9.90. The number of hydrogen-bond acceptors (Lipinski definition) is 5. The van der Waals surface area contributed by atoms with E-state index < -0.39 is 22.0 Å². The zero-order chi connectivity index (χ0) is 15.9. The summed E-state index contributed by atoms with van der Waals surface area (Å²) < 4.78 is 26.5. The van der Waals surface area contributed by atoms with Crippen molar-refractivity contribution in [1.82, 2.24) is 15.0 Å². The van der Waals surface area contributed by atoms with Crippen molar-refractivity contribution in [2.75, 3.05) is 13.7 Å². The van der Waals surface area contributed by atoms with Crippen molar-refractivity contribution in [3.63, 3.8) is 0 Å². The summed E-state index contributed by atoms with van der Waals surface area (Å²) in [4.78, 5) is 15.1. The van der Waals surface area contributed by atoms with Gasteiger partial charge in [0.2, 0.25) is 15.9 Å². The molecule has 0 radical (unpaired) electrons. The Balaban J connectivity index is 2.97. The Morgan fingerprint density at radius 1 is 1.48 bits per heavy atom. The molecule has 0 fully saturated rings. The van der Waals surface area contributed by atoms with E-state index in [0.717, 1.165) is 0 Å². The van der Waals surface area contributed by atoms with Gasteiger partial charge in [-0.3, -0.25) is 9.78 Å². The van der Waals surface area contributed by atoms with Gasteiger partial charge in [-0.25, -0.2) is 8.42 Å². The summed E-state index contributed by atoms with van der Waals surface area (Å²) in [5, 5.41) is 11.0. The molecule has 0 aromatic carbocycles. The quantitative estimate of drug-likeness (QED) is 0.619. The van der Waals surface area contributed by atoms with Crippen molar-refractivity contribution < 1.29 is 18.3 Å². The van der Waals surface area contributed by atoms with Gasteiger partial charge < -0.3 is 10.4 Å². The molecule has 1 unspecified atom stereocenters. The maximum absolute atomic E-state index is 12.1. The van der Waals surface area contributed by atoms with Crippen LogP contribution < -0.4 is 10.0 Å². The lowest BCUT2D eigenvalue weighted by atomic mass is 10.3. The fourth-order valence-electron chi connectivity index (χ4n) is 1.43. The maximum atomic E-state index is 12.1. The predicted molar refractivity (Wildman–Crippen MR) is 76.7 cm³/mol. The standard InChI is InChI=1S/C13H17N3O4S/c1-10(13(18)14-2)16-21(19,20)12-7-11(8-15-9-12)5-3-4-6-17/h7-10,16-17H,4,6H2,1-2H3,(H,14,18). The van der Waals surface area contributed by atoms with E-state index in [1.807, 2.05) is 0 Å². The van der Waals surface area contributed by atoms with Gasteiger partial charge in [-0.2, -0.15) is 4.72 Å². The topological polar surface area (TPSA) is 108 Å². The van der Waals surface area contributed by atoms with E-state index in [2.05, 4.69) is 26.9 Å². The van der Waals surface area contributed by atoms with Crippen LogP contribution in [0.15, 0.2) is 23.4 Å². The number of carbonyl (C=O) groups is 1. The highest BCUT2D eigenvalue weighted by atomic mass is 32.2. The second-order valence-corrected chi connectivity index (χ2v) is 5.86. The molecule has 114 valence electrons. The first-order valence-electron chi connectivity index (χ1n) is 6.19. The number of sulfonamides is 1. The van der Waals surface area contributed by atoms with Crippen LogP contribution in [-0.4, -0.2) is 44.1 Å². The van der Waals surface area contributed by atoms with E-state index in [1.54, 1.807) is 0 Å². The molecular formula is C13H17N3O4S. The minimum absolute atomic E-state index is 0.0659. The number of rotatable bonds is 5. The molecule has 1 atom stereocenters. The lowest BCUT2D eigenvalue weighted by molar-refractivity contribution is -0.121. The van der Waals surface area contributed by atoms with Crippen LogP contribution in [0.4, 0.5) is 0 Å². The highest BCUT2D eigenvalue weighted by Crippen LogP contribution is 2.09. The van der Waals surface area contributed by atoms with Crippen LogP contribution in [-0.2, 0) is 14.8 Å². The van der Waals surface area contributed by atoms with Gasteiger partial charge in [-0.15, -0.1) is 0 Å². The SMILES string of the molecule is CNC(=O)C(C)NS(=O)(=O)c1cncc(C#CCCO)c1. The summed E-state index contributed by atoms with van der Waals surface area (Å²) in [6, 6.07) is 0.458. The monoisotopic (exact) mass is 311 g/mol. The second-order valence-electron chi connectivity index (χ2n) is 4.14. The molecule has 0 saturated carbocycles. The Labute approximate surface area is 123 Å².